The van der Waals surface area contributed by atoms with Crippen molar-refractivity contribution in [3.63, 3.8) is 0 Å². The lowest BCUT2D eigenvalue weighted by atomic mass is 9.94. The quantitative estimate of drug-likeness (QED) is 0.150. The molecule has 9 aromatic carbocycles. The first-order chi connectivity index (χ1) is 28.6. The second-order valence-corrected chi connectivity index (χ2v) is 15.1. The standard InChI is InChI=1S/C56H42N2/c1-39-16-13-22-44(36-39)49-26-15-27-50(45-23-14-17-40(2)37-45)56(49)58-54-29-12-10-25-51(54)52-35-34-47(38-55(52)58)57(46-32-30-42(31-33-46)41-18-5-3-6-19-41)53-28-11-9-24-48(53)43-20-7-4-8-21-43/h3-38H,1-2H3. The first-order valence-electron chi connectivity index (χ1n) is 20.0. The molecular weight excluding hydrogens is 701 g/mol. The average Bonchev–Trinajstić information content (AvgIpc) is 3.60. The summed E-state index contributed by atoms with van der Waals surface area (Å²) in [4.78, 5) is 2.42. The number of hydrogen-bond acceptors (Lipinski definition) is 1. The molecule has 0 unspecified atom stereocenters. The zero-order valence-corrected chi connectivity index (χ0v) is 32.7. The third-order valence-electron chi connectivity index (χ3n) is 11.3. The number of hydrogen-bond donors (Lipinski definition) is 0. The van der Waals surface area contributed by atoms with Crippen molar-refractivity contribution >= 4 is 38.9 Å². The van der Waals surface area contributed by atoms with Crippen molar-refractivity contribution < 1.29 is 0 Å². The molecule has 10 aromatic rings. The summed E-state index contributed by atoms with van der Waals surface area (Å²) in [6.45, 7) is 4.35. The van der Waals surface area contributed by atoms with E-state index in [1.54, 1.807) is 0 Å². The molecule has 0 bridgehead atoms. The van der Waals surface area contributed by atoms with E-state index in [2.05, 4.69) is 242 Å². The van der Waals surface area contributed by atoms with Crippen molar-refractivity contribution in [2.45, 2.75) is 13.8 Å². The van der Waals surface area contributed by atoms with Gasteiger partial charge in [0.05, 0.1) is 22.4 Å². The lowest BCUT2D eigenvalue weighted by molar-refractivity contribution is 1.18. The fourth-order valence-electron chi connectivity index (χ4n) is 8.61. The van der Waals surface area contributed by atoms with Crippen molar-refractivity contribution in [2.24, 2.45) is 0 Å². The smallest absolute Gasteiger partial charge is 0.0618 e. The fraction of sp³-hybridized carbons (Fsp3) is 0.0357. The number of rotatable bonds is 8. The molecule has 0 spiro atoms. The summed E-state index contributed by atoms with van der Waals surface area (Å²) in [6.07, 6.45) is 0. The Balaban J connectivity index is 1.26. The second-order valence-electron chi connectivity index (χ2n) is 15.1. The van der Waals surface area contributed by atoms with Crippen LogP contribution in [0.15, 0.2) is 218 Å². The maximum absolute atomic E-state index is 2.52. The Labute approximate surface area is 340 Å². The van der Waals surface area contributed by atoms with E-state index in [9.17, 15) is 0 Å². The Bertz CT molecular complexity index is 3000. The highest BCUT2D eigenvalue weighted by atomic mass is 15.1. The van der Waals surface area contributed by atoms with Crippen LogP contribution in [0.1, 0.15) is 11.1 Å². The van der Waals surface area contributed by atoms with Crippen molar-refractivity contribution in [1.82, 2.24) is 4.57 Å². The van der Waals surface area contributed by atoms with Gasteiger partial charge in [-0.05, 0) is 78.1 Å². The lowest BCUT2D eigenvalue weighted by Gasteiger charge is -2.28. The average molecular weight is 743 g/mol. The molecular formula is C56H42N2. The maximum Gasteiger partial charge on any atom is 0.0618 e. The summed E-state index contributed by atoms with van der Waals surface area (Å²) in [7, 11) is 0. The molecule has 0 N–H and O–H groups in total. The number of aryl methyl sites for hydroxylation is 2. The van der Waals surface area contributed by atoms with E-state index < -0.39 is 0 Å². The number of para-hydroxylation sites is 3. The Morgan fingerprint density at radius 1 is 0.328 bits per heavy atom. The first-order valence-corrected chi connectivity index (χ1v) is 20.0. The molecule has 1 heterocycles. The third kappa shape index (κ3) is 6.35. The molecule has 0 saturated heterocycles. The molecule has 1 aromatic heterocycles. The zero-order chi connectivity index (χ0) is 39.0. The van der Waals surface area contributed by atoms with Gasteiger partial charge in [-0.25, -0.2) is 0 Å². The monoisotopic (exact) mass is 742 g/mol. The summed E-state index contributed by atoms with van der Waals surface area (Å²) in [6, 6.07) is 79.5. The Hall–Kier alpha value is -7.42. The van der Waals surface area contributed by atoms with Crippen LogP contribution < -0.4 is 4.90 Å². The van der Waals surface area contributed by atoms with Crippen LogP contribution >= 0.6 is 0 Å². The van der Waals surface area contributed by atoms with E-state index in [-0.39, 0.29) is 0 Å². The number of benzene rings is 9. The normalized spacial score (nSPS) is 11.3. The topological polar surface area (TPSA) is 8.17 Å². The van der Waals surface area contributed by atoms with Gasteiger partial charge in [0, 0.05) is 38.8 Å². The van der Waals surface area contributed by atoms with E-state index in [0.717, 1.165) is 22.6 Å². The highest BCUT2D eigenvalue weighted by Gasteiger charge is 2.23. The highest BCUT2D eigenvalue weighted by molar-refractivity contribution is 6.12. The second kappa shape index (κ2) is 14.9. The van der Waals surface area contributed by atoms with Crippen LogP contribution in [0.2, 0.25) is 0 Å². The Morgan fingerprint density at radius 3 is 1.50 bits per heavy atom. The van der Waals surface area contributed by atoms with E-state index in [4.69, 9.17) is 0 Å². The van der Waals surface area contributed by atoms with Crippen molar-refractivity contribution in [3.05, 3.63) is 230 Å². The molecule has 0 aliphatic rings. The maximum atomic E-state index is 2.52. The minimum absolute atomic E-state index is 1.08. The largest absolute Gasteiger partial charge is 0.310 e. The summed E-state index contributed by atoms with van der Waals surface area (Å²) < 4.78 is 2.52. The third-order valence-corrected chi connectivity index (χ3v) is 11.3. The van der Waals surface area contributed by atoms with Gasteiger partial charge in [0.15, 0.2) is 0 Å². The van der Waals surface area contributed by atoms with Gasteiger partial charge >= 0.3 is 0 Å². The van der Waals surface area contributed by atoms with Gasteiger partial charge in [-0.2, -0.15) is 0 Å². The minimum atomic E-state index is 1.08. The molecule has 276 valence electrons. The van der Waals surface area contributed by atoms with Crippen LogP contribution in [-0.4, -0.2) is 4.57 Å². The molecule has 2 nitrogen and oxygen atoms in total. The highest BCUT2D eigenvalue weighted by Crippen LogP contribution is 2.46. The molecule has 0 aliphatic heterocycles. The van der Waals surface area contributed by atoms with Gasteiger partial charge in [-0.3, -0.25) is 0 Å². The van der Waals surface area contributed by atoms with Crippen LogP contribution in [0, 0.1) is 13.8 Å². The van der Waals surface area contributed by atoms with Gasteiger partial charge in [0.2, 0.25) is 0 Å². The molecule has 0 saturated carbocycles. The van der Waals surface area contributed by atoms with E-state index in [1.165, 1.54) is 77.6 Å². The van der Waals surface area contributed by atoms with Crippen LogP contribution in [0.3, 0.4) is 0 Å². The van der Waals surface area contributed by atoms with Crippen molar-refractivity contribution in [1.29, 1.82) is 0 Å². The molecule has 2 heteroatoms. The predicted octanol–water partition coefficient (Wildman–Crippen LogP) is 15.5. The van der Waals surface area contributed by atoms with Gasteiger partial charge in [-0.15, -0.1) is 0 Å². The molecule has 58 heavy (non-hydrogen) atoms. The van der Waals surface area contributed by atoms with Crippen LogP contribution in [-0.2, 0) is 0 Å². The summed E-state index contributed by atoms with van der Waals surface area (Å²) in [5.74, 6) is 0. The van der Waals surface area contributed by atoms with Crippen molar-refractivity contribution in [2.75, 3.05) is 4.90 Å². The molecule has 0 amide bonds. The molecule has 0 aliphatic carbocycles. The van der Waals surface area contributed by atoms with E-state index in [0.29, 0.717) is 0 Å². The SMILES string of the molecule is Cc1cccc(-c2cccc(-c3cccc(C)c3)c2-n2c3ccccc3c3ccc(N(c4ccc(-c5ccccc5)cc4)c4ccccc4-c4ccccc4)cc32)c1. The number of nitrogens with zero attached hydrogens (tertiary/aromatic N) is 2. The summed E-state index contributed by atoms with van der Waals surface area (Å²) >= 11 is 0. The van der Waals surface area contributed by atoms with Gasteiger partial charge in [0.25, 0.3) is 0 Å². The number of aromatic nitrogens is 1. The van der Waals surface area contributed by atoms with E-state index >= 15 is 0 Å². The number of anilines is 3. The summed E-state index contributed by atoms with van der Waals surface area (Å²) in [5, 5.41) is 2.44. The van der Waals surface area contributed by atoms with Gasteiger partial charge < -0.3 is 9.47 Å². The zero-order valence-electron chi connectivity index (χ0n) is 32.7. The lowest BCUT2D eigenvalue weighted by Crippen LogP contribution is -2.11. The van der Waals surface area contributed by atoms with Gasteiger partial charge in [0.1, 0.15) is 0 Å². The first kappa shape index (κ1) is 35.0. The van der Waals surface area contributed by atoms with Crippen LogP contribution in [0.5, 0.6) is 0 Å². The van der Waals surface area contributed by atoms with Crippen LogP contribution in [0.25, 0.3) is 72.0 Å². The van der Waals surface area contributed by atoms with Crippen LogP contribution in [0.4, 0.5) is 17.1 Å². The minimum Gasteiger partial charge on any atom is -0.310 e. The Kier molecular flexibility index (Phi) is 9.01. The van der Waals surface area contributed by atoms with E-state index in [1.807, 2.05) is 0 Å². The fourth-order valence-corrected chi connectivity index (χ4v) is 8.61. The predicted molar refractivity (Wildman–Crippen MR) is 247 cm³/mol. The van der Waals surface area contributed by atoms with Gasteiger partial charge in [-0.1, -0.05) is 193 Å². The molecule has 0 atom stereocenters. The molecule has 10 rings (SSSR count). The number of fused-ring (bicyclic) bond motifs is 3. The summed E-state index contributed by atoms with van der Waals surface area (Å²) in [5.41, 5.74) is 18.8. The Morgan fingerprint density at radius 2 is 0.828 bits per heavy atom. The van der Waals surface area contributed by atoms with Crippen molar-refractivity contribution in [3.8, 4) is 50.2 Å². The molecule has 0 radical (unpaired) electrons. The molecule has 0 fully saturated rings.